The fourth-order valence-corrected chi connectivity index (χ4v) is 2.40. The van der Waals surface area contributed by atoms with Crippen molar-refractivity contribution in [1.82, 2.24) is 0 Å². The first-order valence-electron chi connectivity index (χ1n) is 6.86. The van der Waals surface area contributed by atoms with E-state index in [1.807, 2.05) is 22.6 Å². The number of hydrogen-bond donors (Lipinski definition) is 0. The van der Waals surface area contributed by atoms with E-state index in [0.29, 0.717) is 10.0 Å². The molecule has 0 fully saturated rings. The van der Waals surface area contributed by atoms with Crippen LogP contribution in [0.2, 0.25) is 0 Å². The molecule has 0 saturated carbocycles. The van der Waals surface area contributed by atoms with Gasteiger partial charge in [0.2, 0.25) is 0 Å². The van der Waals surface area contributed by atoms with Gasteiger partial charge in [-0.05, 0) is 45.9 Å². The van der Waals surface area contributed by atoms with Gasteiger partial charge in [-0.3, -0.25) is 0 Å². The lowest BCUT2D eigenvalue weighted by atomic mass is 10.1. The Morgan fingerprint density at radius 3 is 2.32 bits per heavy atom. The molecule has 112 valence electrons. The maximum absolute atomic E-state index is 13.4. The molecule has 0 atom stereocenters. The Hall–Kier alpha value is -0.200. The molecule has 5 heteroatoms. The van der Waals surface area contributed by atoms with Gasteiger partial charge in [-0.2, -0.15) is 8.78 Å². The van der Waals surface area contributed by atoms with Gasteiger partial charge in [0.1, 0.15) is 0 Å². The van der Waals surface area contributed by atoms with Crippen LogP contribution in [-0.2, 0) is 9.53 Å². The molecule has 0 radical (unpaired) electrons. The number of alkyl halides is 2. The van der Waals surface area contributed by atoms with Crippen molar-refractivity contribution < 1.29 is 18.3 Å². The third-order valence-corrected chi connectivity index (χ3v) is 3.51. The summed E-state index contributed by atoms with van der Waals surface area (Å²) in [5.41, 5.74) is 0. The van der Waals surface area contributed by atoms with Gasteiger partial charge in [-0.25, -0.2) is 4.79 Å². The molecule has 0 heterocycles. The third kappa shape index (κ3) is 9.35. The van der Waals surface area contributed by atoms with Crippen molar-refractivity contribution in [3.05, 3.63) is 9.66 Å². The fraction of sp³-hybridized carbons (Fsp3) is 0.786. The highest BCUT2D eigenvalue weighted by molar-refractivity contribution is 14.1. The van der Waals surface area contributed by atoms with Crippen molar-refractivity contribution in [2.75, 3.05) is 6.61 Å². The Kier molecular flexibility index (Phi) is 10.5. The predicted octanol–water partition coefficient (Wildman–Crippen LogP) is 5.25. The van der Waals surface area contributed by atoms with Gasteiger partial charge >= 0.3 is 11.9 Å². The number of allylic oxidation sites excluding steroid dienone is 1. The monoisotopic (exact) mass is 388 g/mol. The molecule has 0 aromatic heterocycles. The molecule has 0 saturated heterocycles. The predicted molar refractivity (Wildman–Crippen MR) is 81.7 cm³/mol. The number of rotatable bonds is 10. The van der Waals surface area contributed by atoms with Crippen molar-refractivity contribution in [1.29, 1.82) is 0 Å². The summed E-state index contributed by atoms with van der Waals surface area (Å²) >= 11 is 1.87. The van der Waals surface area contributed by atoms with Gasteiger partial charge in [0.25, 0.3) is 0 Å². The molecular formula is C14H23F2IO2. The average molecular weight is 388 g/mol. The summed E-state index contributed by atoms with van der Waals surface area (Å²) in [5.74, 6) is -4.97. The molecule has 0 amide bonds. The van der Waals surface area contributed by atoms with E-state index in [4.69, 9.17) is 0 Å². The van der Waals surface area contributed by atoms with Crippen LogP contribution >= 0.6 is 22.6 Å². The Labute approximate surface area is 128 Å². The minimum absolute atomic E-state index is 0.0315. The van der Waals surface area contributed by atoms with E-state index >= 15 is 0 Å². The number of hydrogen-bond acceptors (Lipinski definition) is 2. The lowest BCUT2D eigenvalue weighted by molar-refractivity contribution is -0.164. The van der Waals surface area contributed by atoms with Crippen LogP contribution in [-0.4, -0.2) is 18.5 Å². The highest BCUT2D eigenvalue weighted by Crippen LogP contribution is 2.25. The topological polar surface area (TPSA) is 26.3 Å². The first kappa shape index (κ1) is 18.8. The Bertz CT molecular complexity index is 291. The van der Waals surface area contributed by atoms with Crippen molar-refractivity contribution >= 4 is 28.6 Å². The molecule has 19 heavy (non-hydrogen) atoms. The smallest absolute Gasteiger partial charge is 0.381 e. The van der Waals surface area contributed by atoms with Crippen molar-refractivity contribution in [3.8, 4) is 0 Å². The summed E-state index contributed by atoms with van der Waals surface area (Å²) in [5, 5.41) is 0. The molecule has 0 aromatic carbocycles. The van der Waals surface area contributed by atoms with E-state index in [2.05, 4.69) is 11.7 Å². The summed E-state index contributed by atoms with van der Waals surface area (Å²) < 4.78 is 31.6. The van der Waals surface area contributed by atoms with Crippen LogP contribution in [0.4, 0.5) is 8.78 Å². The largest absolute Gasteiger partial charge is 0.461 e. The first-order valence-corrected chi connectivity index (χ1v) is 7.94. The molecule has 0 aromatic rings. The lowest BCUT2D eigenvalue weighted by Crippen LogP contribution is -2.28. The second kappa shape index (κ2) is 10.6. The molecule has 0 rings (SSSR count). The first-order chi connectivity index (χ1) is 8.94. The van der Waals surface area contributed by atoms with Gasteiger partial charge in [0.05, 0.1) is 6.61 Å². The number of ether oxygens (including phenoxy) is 1. The van der Waals surface area contributed by atoms with E-state index in [1.54, 1.807) is 0 Å². The summed E-state index contributed by atoms with van der Waals surface area (Å²) in [4.78, 5) is 11.0. The standard InChI is InChI=1S/C14H23F2IO2/c1-3-5-6-7-8-9-10-12(17)11-14(15,16)13(18)19-4-2/h11H,3-10H2,1-2H3/b12-11+. The third-order valence-electron chi connectivity index (χ3n) is 2.65. The normalized spacial score (nSPS) is 12.6. The summed E-state index contributed by atoms with van der Waals surface area (Å²) in [7, 11) is 0. The zero-order valence-corrected chi connectivity index (χ0v) is 13.8. The molecule has 0 aliphatic carbocycles. The van der Waals surface area contributed by atoms with Crippen molar-refractivity contribution in [3.63, 3.8) is 0 Å². The summed E-state index contributed by atoms with van der Waals surface area (Å²) in [6.07, 6.45) is 8.03. The number of carbonyl (C=O) groups excluding carboxylic acids is 1. The molecule has 0 bridgehead atoms. The van der Waals surface area contributed by atoms with Crippen LogP contribution in [0.1, 0.15) is 58.8 Å². The highest BCUT2D eigenvalue weighted by Gasteiger charge is 2.38. The number of unbranched alkanes of at least 4 members (excludes halogenated alkanes) is 5. The maximum atomic E-state index is 13.4. The fourth-order valence-electron chi connectivity index (χ4n) is 1.63. The zero-order chi connectivity index (χ0) is 14.7. The summed E-state index contributed by atoms with van der Waals surface area (Å²) in [6.45, 7) is 3.64. The number of esters is 1. The lowest BCUT2D eigenvalue weighted by Gasteiger charge is -2.11. The second-order valence-corrected chi connectivity index (χ2v) is 5.84. The second-order valence-electron chi connectivity index (χ2n) is 4.45. The SMILES string of the molecule is CCCCCCCC/C(I)=C\C(F)(F)C(=O)OCC. The van der Waals surface area contributed by atoms with Crippen LogP contribution in [0.15, 0.2) is 9.66 Å². The minimum atomic E-state index is -3.51. The van der Waals surface area contributed by atoms with Crippen LogP contribution in [0.5, 0.6) is 0 Å². The van der Waals surface area contributed by atoms with E-state index in [1.165, 1.54) is 26.2 Å². The van der Waals surface area contributed by atoms with Gasteiger partial charge < -0.3 is 4.74 Å². The van der Waals surface area contributed by atoms with Crippen LogP contribution in [0.3, 0.4) is 0 Å². The van der Waals surface area contributed by atoms with E-state index in [-0.39, 0.29) is 6.61 Å². The summed E-state index contributed by atoms with van der Waals surface area (Å²) in [6, 6.07) is 0. The van der Waals surface area contributed by atoms with Gasteiger partial charge in [0, 0.05) is 6.08 Å². The number of halogens is 3. The Morgan fingerprint density at radius 2 is 1.74 bits per heavy atom. The van der Waals surface area contributed by atoms with E-state index in [0.717, 1.165) is 25.3 Å². The molecule has 0 aliphatic rings. The van der Waals surface area contributed by atoms with Crippen molar-refractivity contribution in [2.24, 2.45) is 0 Å². The quantitative estimate of drug-likeness (QED) is 0.290. The van der Waals surface area contributed by atoms with Crippen LogP contribution < -0.4 is 0 Å². The maximum Gasteiger partial charge on any atom is 0.381 e. The highest BCUT2D eigenvalue weighted by atomic mass is 127. The molecule has 2 nitrogen and oxygen atoms in total. The Morgan fingerprint density at radius 1 is 1.16 bits per heavy atom. The van der Waals surface area contributed by atoms with Gasteiger partial charge in [0.15, 0.2) is 0 Å². The van der Waals surface area contributed by atoms with Gasteiger partial charge in [-0.1, -0.05) is 39.0 Å². The van der Waals surface area contributed by atoms with Crippen LogP contribution in [0, 0.1) is 0 Å². The molecule has 0 aliphatic heterocycles. The van der Waals surface area contributed by atoms with Crippen molar-refractivity contribution in [2.45, 2.75) is 64.7 Å². The molecular weight excluding hydrogens is 365 g/mol. The van der Waals surface area contributed by atoms with Gasteiger partial charge in [-0.15, -0.1) is 0 Å². The van der Waals surface area contributed by atoms with E-state index in [9.17, 15) is 13.6 Å². The average Bonchev–Trinajstić information content (AvgIpc) is 2.33. The minimum Gasteiger partial charge on any atom is -0.461 e. The zero-order valence-electron chi connectivity index (χ0n) is 11.7. The Balaban J connectivity index is 4.00. The molecule has 0 N–H and O–H groups in total. The number of carbonyl (C=O) groups is 1. The molecule has 0 unspecified atom stereocenters. The molecule has 0 spiro atoms. The van der Waals surface area contributed by atoms with Crippen LogP contribution in [0.25, 0.3) is 0 Å². The van der Waals surface area contributed by atoms with E-state index < -0.39 is 11.9 Å².